The van der Waals surface area contributed by atoms with Crippen molar-refractivity contribution < 1.29 is 8.78 Å². The first-order chi connectivity index (χ1) is 10.2. The van der Waals surface area contributed by atoms with Crippen molar-refractivity contribution in [2.45, 2.75) is 42.4 Å². The van der Waals surface area contributed by atoms with E-state index in [0.717, 1.165) is 55.9 Å². The molecule has 0 bridgehead atoms. The van der Waals surface area contributed by atoms with E-state index in [0.29, 0.717) is 5.16 Å². The van der Waals surface area contributed by atoms with Gasteiger partial charge in [-0.2, -0.15) is 0 Å². The van der Waals surface area contributed by atoms with Gasteiger partial charge in [-0.15, -0.1) is 10.2 Å². The second kappa shape index (κ2) is 5.97. The molecule has 3 rings (SSSR count). The average molecular weight is 311 g/mol. The molecule has 0 saturated carbocycles. The number of aryl methyl sites for hydroxylation is 1. The monoisotopic (exact) mass is 311 g/mol. The van der Waals surface area contributed by atoms with Crippen molar-refractivity contribution in [3.63, 3.8) is 0 Å². The first-order valence-electron chi connectivity index (χ1n) is 6.82. The van der Waals surface area contributed by atoms with Crippen LogP contribution in [0.4, 0.5) is 14.6 Å². The van der Waals surface area contributed by atoms with Crippen molar-refractivity contribution >= 4 is 17.6 Å². The van der Waals surface area contributed by atoms with Crippen LogP contribution in [-0.4, -0.2) is 26.8 Å². The molecule has 2 aromatic heterocycles. The maximum absolute atomic E-state index is 13.9. The number of anilines is 1. The lowest BCUT2D eigenvalue weighted by molar-refractivity contribution is 0.549. The van der Waals surface area contributed by atoms with Crippen LogP contribution in [0.1, 0.15) is 25.1 Å². The van der Waals surface area contributed by atoms with Gasteiger partial charge in [0.05, 0.1) is 0 Å². The molecule has 5 nitrogen and oxygen atoms in total. The van der Waals surface area contributed by atoms with Crippen molar-refractivity contribution in [1.29, 1.82) is 0 Å². The third-order valence-corrected chi connectivity index (χ3v) is 4.36. The van der Waals surface area contributed by atoms with Gasteiger partial charge in [0.15, 0.2) is 22.6 Å². The van der Waals surface area contributed by atoms with Gasteiger partial charge in [-0.25, -0.2) is 13.8 Å². The van der Waals surface area contributed by atoms with Gasteiger partial charge < -0.3 is 9.88 Å². The predicted octanol–water partition coefficient (Wildman–Crippen LogP) is 2.87. The number of halogens is 2. The standard InChI is InChI=1S/C13H15F2N5S/c1-16-11-8(14)7-9(15)12(17-11)21-13-19-18-10-5-3-2-4-6-20(10)13/h7H,2-6H2,1H3,(H,16,17). The molecule has 3 heterocycles. The van der Waals surface area contributed by atoms with Gasteiger partial charge >= 0.3 is 0 Å². The van der Waals surface area contributed by atoms with Crippen LogP contribution in [0, 0.1) is 11.6 Å². The largest absolute Gasteiger partial charge is 0.371 e. The van der Waals surface area contributed by atoms with E-state index in [1.54, 1.807) is 7.05 Å². The lowest BCUT2D eigenvalue weighted by Crippen LogP contribution is -2.04. The second-order valence-electron chi connectivity index (χ2n) is 4.82. The van der Waals surface area contributed by atoms with Crippen molar-refractivity contribution in [3.8, 4) is 0 Å². The predicted molar refractivity (Wildman–Crippen MR) is 75.4 cm³/mol. The van der Waals surface area contributed by atoms with E-state index in [1.807, 2.05) is 4.57 Å². The summed E-state index contributed by atoms with van der Waals surface area (Å²) in [4.78, 5) is 3.96. The van der Waals surface area contributed by atoms with Crippen LogP contribution < -0.4 is 5.32 Å². The van der Waals surface area contributed by atoms with Gasteiger partial charge in [0.2, 0.25) is 0 Å². The molecule has 0 atom stereocenters. The topological polar surface area (TPSA) is 55.6 Å². The highest BCUT2D eigenvalue weighted by Crippen LogP contribution is 2.30. The summed E-state index contributed by atoms with van der Waals surface area (Å²) in [6.45, 7) is 0.826. The fraction of sp³-hybridized carbons (Fsp3) is 0.462. The fourth-order valence-electron chi connectivity index (χ4n) is 2.32. The molecular weight excluding hydrogens is 296 g/mol. The Morgan fingerprint density at radius 2 is 2.05 bits per heavy atom. The molecule has 8 heteroatoms. The lowest BCUT2D eigenvalue weighted by Gasteiger charge is -2.08. The molecule has 0 amide bonds. The third-order valence-electron chi connectivity index (χ3n) is 3.40. The van der Waals surface area contributed by atoms with Gasteiger partial charge in [0.1, 0.15) is 10.9 Å². The van der Waals surface area contributed by atoms with Crippen LogP contribution in [0.5, 0.6) is 0 Å². The summed E-state index contributed by atoms with van der Waals surface area (Å²) >= 11 is 1.08. The number of aromatic nitrogens is 4. The summed E-state index contributed by atoms with van der Waals surface area (Å²) in [5.74, 6) is -0.456. The number of hydrogen-bond acceptors (Lipinski definition) is 5. The van der Waals surface area contributed by atoms with Crippen molar-refractivity contribution in [1.82, 2.24) is 19.7 Å². The molecule has 1 aliphatic heterocycles. The SMILES string of the molecule is CNc1nc(Sc2nnc3n2CCCCC3)c(F)cc1F. The van der Waals surface area contributed by atoms with Gasteiger partial charge in [-0.05, 0) is 24.6 Å². The number of fused-ring (bicyclic) bond motifs is 1. The zero-order valence-electron chi connectivity index (χ0n) is 11.6. The summed E-state index contributed by atoms with van der Waals surface area (Å²) < 4.78 is 29.3. The molecule has 0 unspecified atom stereocenters. The fourth-order valence-corrected chi connectivity index (χ4v) is 3.17. The Morgan fingerprint density at radius 1 is 1.19 bits per heavy atom. The van der Waals surface area contributed by atoms with Crippen LogP contribution in [0.25, 0.3) is 0 Å². The summed E-state index contributed by atoms with van der Waals surface area (Å²) in [6, 6.07) is 0.834. The maximum Gasteiger partial charge on any atom is 0.197 e. The minimum Gasteiger partial charge on any atom is -0.371 e. The van der Waals surface area contributed by atoms with Gasteiger partial charge in [-0.1, -0.05) is 6.42 Å². The summed E-state index contributed by atoms with van der Waals surface area (Å²) in [5, 5.41) is 11.6. The van der Waals surface area contributed by atoms with E-state index in [2.05, 4.69) is 20.5 Å². The van der Waals surface area contributed by atoms with Gasteiger partial charge in [0, 0.05) is 26.1 Å². The average Bonchev–Trinajstić information content (AvgIpc) is 2.70. The Morgan fingerprint density at radius 3 is 2.86 bits per heavy atom. The Hall–Kier alpha value is -1.70. The van der Waals surface area contributed by atoms with E-state index in [1.165, 1.54) is 0 Å². The number of nitrogens with one attached hydrogen (secondary N) is 1. The van der Waals surface area contributed by atoms with E-state index in [-0.39, 0.29) is 10.8 Å². The van der Waals surface area contributed by atoms with Crippen molar-refractivity contribution in [3.05, 3.63) is 23.5 Å². The number of pyridine rings is 1. The Labute approximate surface area is 125 Å². The summed E-state index contributed by atoms with van der Waals surface area (Å²) in [5.41, 5.74) is 0. The Bertz CT molecular complexity index is 658. The van der Waals surface area contributed by atoms with Gasteiger partial charge in [0.25, 0.3) is 0 Å². The van der Waals surface area contributed by atoms with Crippen LogP contribution in [0.3, 0.4) is 0 Å². The molecule has 21 heavy (non-hydrogen) atoms. The summed E-state index contributed by atoms with van der Waals surface area (Å²) in [7, 11) is 1.54. The highest BCUT2D eigenvalue weighted by atomic mass is 32.2. The van der Waals surface area contributed by atoms with Crippen LogP contribution in [0.15, 0.2) is 16.2 Å². The van der Waals surface area contributed by atoms with E-state index in [9.17, 15) is 8.78 Å². The zero-order chi connectivity index (χ0) is 14.8. The highest BCUT2D eigenvalue weighted by molar-refractivity contribution is 7.99. The molecule has 1 aliphatic rings. The normalized spacial score (nSPS) is 14.6. The molecule has 0 radical (unpaired) electrons. The molecular formula is C13H15F2N5S. The second-order valence-corrected chi connectivity index (χ2v) is 5.77. The van der Waals surface area contributed by atoms with Gasteiger partial charge in [-0.3, -0.25) is 0 Å². The first kappa shape index (κ1) is 14.2. The quantitative estimate of drug-likeness (QED) is 0.944. The molecule has 0 spiro atoms. The third kappa shape index (κ3) is 2.85. The first-order valence-corrected chi connectivity index (χ1v) is 7.64. The van der Waals surface area contributed by atoms with E-state index in [4.69, 9.17) is 0 Å². The molecule has 0 fully saturated rings. The van der Waals surface area contributed by atoms with Crippen LogP contribution in [0.2, 0.25) is 0 Å². The van der Waals surface area contributed by atoms with Crippen LogP contribution in [-0.2, 0) is 13.0 Å². The minimum absolute atomic E-state index is 0.0227. The smallest absolute Gasteiger partial charge is 0.197 e. The molecule has 0 saturated heterocycles. The van der Waals surface area contributed by atoms with E-state index < -0.39 is 11.6 Å². The zero-order valence-corrected chi connectivity index (χ0v) is 12.4. The number of hydrogen-bond donors (Lipinski definition) is 1. The molecule has 2 aromatic rings. The molecule has 0 aliphatic carbocycles. The highest BCUT2D eigenvalue weighted by Gasteiger charge is 2.19. The minimum atomic E-state index is -0.709. The van der Waals surface area contributed by atoms with Crippen LogP contribution >= 0.6 is 11.8 Å². The lowest BCUT2D eigenvalue weighted by atomic mass is 10.2. The molecule has 0 aromatic carbocycles. The maximum atomic E-state index is 13.9. The number of rotatable bonds is 3. The molecule has 112 valence electrons. The Balaban J connectivity index is 1.92. The molecule has 1 N–H and O–H groups in total. The summed E-state index contributed by atoms with van der Waals surface area (Å²) in [6.07, 6.45) is 4.19. The Kier molecular flexibility index (Phi) is 4.05. The number of nitrogens with zero attached hydrogens (tertiary/aromatic N) is 4. The van der Waals surface area contributed by atoms with Crippen molar-refractivity contribution in [2.75, 3.05) is 12.4 Å². The van der Waals surface area contributed by atoms with E-state index >= 15 is 0 Å². The van der Waals surface area contributed by atoms with Crippen molar-refractivity contribution in [2.24, 2.45) is 0 Å².